The van der Waals surface area contributed by atoms with Gasteiger partial charge in [-0.1, -0.05) is 43.3 Å². The van der Waals surface area contributed by atoms with Gasteiger partial charge in [-0.25, -0.2) is 0 Å². The fourth-order valence-corrected chi connectivity index (χ4v) is 2.54. The molecule has 0 fully saturated rings. The van der Waals surface area contributed by atoms with Crippen molar-refractivity contribution in [3.63, 3.8) is 0 Å². The lowest BCUT2D eigenvalue weighted by Crippen LogP contribution is -1.98. The number of hydrogen-bond acceptors (Lipinski definition) is 1. The quantitative estimate of drug-likeness (QED) is 0.763. The number of aryl methyl sites for hydroxylation is 1. The van der Waals surface area contributed by atoms with Gasteiger partial charge in [0.1, 0.15) is 0 Å². The number of nitrogens with zero attached hydrogens (tertiary/aromatic N) is 1. The van der Waals surface area contributed by atoms with Crippen molar-refractivity contribution in [2.24, 2.45) is 0 Å². The maximum atomic E-state index is 9.26. The molecular formula is C18H19NO. The van der Waals surface area contributed by atoms with Crippen LogP contribution in [0.3, 0.4) is 0 Å². The molecule has 0 unspecified atom stereocenters. The first kappa shape index (κ1) is 12.9. The van der Waals surface area contributed by atoms with Crippen molar-refractivity contribution in [3.05, 3.63) is 71.4 Å². The van der Waals surface area contributed by atoms with Crippen LogP contribution in [0.1, 0.15) is 23.6 Å². The highest BCUT2D eigenvalue weighted by Crippen LogP contribution is 2.19. The molecule has 0 bridgehead atoms. The Hall–Kier alpha value is -2.06. The summed E-state index contributed by atoms with van der Waals surface area (Å²) in [5.74, 6) is 0. The van der Waals surface area contributed by atoms with Crippen LogP contribution in [0, 0.1) is 0 Å². The van der Waals surface area contributed by atoms with E-state index in [0.29, 0.717) is 0 Å². The van der Waals surface area contributed by atoms with E-state index in [2.05, 4.69) is 60.2 Å². The van der Waals surface area contributed by atoms with Gasteiger partial charge in [0.2, 0.25) is 0 Å². The Kier molecular flexibility index (Phi) is 3.57. The second-order valence-corrected chi connectivity index (χ2v) is 5.16. The number of rotatable bonds is 4. The van der Waals surface area contributed by atoms with Gasteiger partial charge < -0.3 is 9.67 Å². The summed E-state index contributed by atoms with van der Waals surface area (Å²) >= 11 is 0. The van der Waals surface area contributed by atoms with Crippen LogP contribution in [-0.4, -0.2) is 9.67 Å². The number of hydrogen-bond donors (Lipinski definition) is 1. The summed E-state index contributed by atoms with van der Waals surface area (Å²) in [5.41, 5.74) is 4.80. The molecule has 0 amide bonds. The van der Waals surface area contributed by atoms with Crippen LogP contribution in [0.15, 0.2) is 54.7 Å². The molecule has 1 heterocycles. The Morgan fingerprint density at radius 3 is 2.30 bits per heavy atom. The van der Waals surface area contributed by atoms with E-state index in [1.54, 1.807) is 0 Å². The van der Waals surface area contributed by atoms with Crippen LogP contribution in [0.25, 0.3) is 10.9 Å². The van der Waals surface area contributed by atoms with Gasteiger partial charge in [0.15, 0.2) is 0 Å². The predicted octanol–water partition coefficient (Wildman–Crippen LogP) is 3.74. The smallest absolute Gasteiger partial charge is 0.0682 e. The first-order valence-electron chi connectivity index (χ1n) is 7.06. The standard InChI is InChI=1S/C18H19NO/c1-2-14-3-5-15(6-4-14)12-19-10-9-17-8-7-16(13-20)11-18(17)19/h3-11,20H,2,12-13H2,1H3. The van der Waals surface area contributed by atoms with Crippen molar-refractivity contribution in [1.29, 1.82) is 0 Å². The molecule has 3 aromatic rings. The molecule has 0 spiro atoms. The second-order valence-electron chi connectivity index (χ2n) is 5.16. The second kappa shape index (κ2) is 5.51. The molecule has 0 aliphatic carbocycles. The molecule has 2 heteroatoms. The Morgan fingerprint density at radius 2 is 1.60 bits per heavy atom. The molecule has 1 N–H and O–H groups in total. The molecule has 2 aromatic carbocycles. The van der Waals surface area contributed by atoms with Crippen molar-refractivity contribution < 1.29 is 5.11 Å². The minimum atomic E-state index is 0.0896. The largest absolute Gasteiger partial charge is 0.392 e. The molecular weight excluding hydrogens is 246 g/mol. The third-order valence-corrected chi connectivity index (χ3v) is 3.81. The van der Waals surface area contributed by atoms with Gasteiger partial charge in [-0.15, -0.1) is 0 Å². The first-order chi connectivity index (χ1) is 9.80. The van der Waals surface area contributed by atoms with Gasteiger partial charge in [0, 0.05) is 18.3 Å². The minimum absolute atomic E-state index is 0.0896. The highest BCUT2D eigenvalue weighted by atomic mass is 16.3. The SMILES string of the molecule is CCc1ccc(Cn2ccc3ccc(CO)cc32)cc1. The van der Waals surface area contributed by atoms with Crippen LogP contribution in [-0.2, 0) is 19.6 Å². The van der Waals surface area contributed by atoms with Gasteiger partial charge in [0.25, 0.3) is 0 Å². The third-order valence-electron chi connectivity index (χ3n) is 3.81. The minimum Gasteiger partial charge on any atom is -0.392 e. The topological polar surface area (TPSA) is 25.2 Å². The Balaban J connectivity index is 1.93. The lowest BCUT2D eigenvalue weighted by atomic mass is 10.1. The highest BCUT2D eigenvalue weighted by Gasteiger charge is 2.03. The van der Waals surface area contributed by atoms with Crippen LogP contribution < -0.4 is 0 Å². The van der Waals surface area contributed by atoms with Gasteiger partial charge >= 0.3 is 0 Å². The summed E-state index contributed by atoms with van der Waals surface area (Å²) < 4.78 is 2.23. The van der Waals surface area contributed by atoms with Crippen molar-refractivity contribution in [2.75, 3.05) is 0 Å². The Bertz CT molecular complexity index is 710. The fourth-order valence-electron chi connectivity index (χ4n) is 2.54. The monoisotopic (exact) mass is 265 g/mol. The Labute approximate surface area is 119 Å². The first-order valence-corrected chi connectivity index (χ1v) is 7.06. The molecule has 0 radical (unpaired) electrons. The summed E-state index contributed by atoms with van der Waals surface area (Å²) in [5, 5.41) is 10.5. The van der Waals surface area contributed by atoms with Crippen molar-refractivity contribution in [1.82, 2.24) is 4.57 Å². The average Bonchev–Trinajstić information content (AvgIpc) is 2.90. The molecule has 3 rings (SSSR count). The number of benzene rings is 2. The van der Waals surface area contributed by atoms with Crippen molar-refractivity contribution >= 4 is 10.9 Å². The van der Waals surface area contributed by atoms with Crippen molar-refractivity contribution in [3.8, 4) is 0 Å². The van der Waals surface area contributed by atoms with E-state index in [1.165, 1.54) is 22.0 Å². The summed E-state index contributed by atoms with van der Waals surface area (Å²) in [6.45, 7) is 3.12. The zero-order valence-electron chi connectivity index (χ0n) is 11.7. The van der Waals surface area contributed by atoms with Gasteiger partial charge in [-0.3, -0.25) is 0 Å². The predicted molar refractivity (Wildman–Crippen MR) is 82.8 cm³/mol. The maximum absolute atomic E-state index is 9.26. The van der Waals surface area contributed by atoms with E-state index in [-0.39, 0.29) is 6.61 Å². The molecule has 1 aromatic heterocycles. The van der Waals surface area contributed by atoms with Crippen molar-refractivity contribution in [2.45, 2.75) is 26.5 Å². The number of aliphatic hydroxyl groups excluding tert-OH is 1. The van der Waals surface area contributed by atoms with Crippen LogP contribution in [0.2, 0.25) is 0 Å². The van der Waals surface area contributed by atoms with Crippen LogP contribution >= 0.6 is 0 Å². The summed E-state index contributed by atoms with van der Waals surface area (Å²) in [7, 11) is 0. The number of aliphatic hydroxyl groups is 1. The highest BCUT2D eigenvalue weighted by molar-refractivity contribution is 5.80. The molecule has 0 aliphatic rings. The van der Waals surface area contributed by atoms with Gasteiger partial charge in [-0.05, 0) is 40.6 Å². The summed E-state index contributed by atoms with van der Waals surface area (Å²) in [4.78, 5) is 0. The van der Waals surface area contributed by atoms with E-state index >= 15 is 0 Å². The molecule has 0 aliphatic heterocycles. The summed E-state index contributed by atoms with van der Waals surface area (Å²) in [6, 6.07) is 17.0. The maximum Gasteiger partial charge on any atom is 0.0682 e. The van der Waals surface area contributed by atoms with E-state index in [0.717, 1.165) is 18.5 Å². The lowest BCUT2D eigenvalue weighted by Gasteiger charge is -2.07. The molecule has 102 valence electrons. The van der Waals surface area contributed by atoms with E-state index in [1.807, 2.05) is 6.07 Å². The molecule has 0 saturated heterocycles. The third kappa shape index (κ3) is 2.47. The van der Waals surface area contributed by atoms with Gasteiger partial charge in [-0.2, -0.15) is 0 Å². The fraction of sp³-hybridized carbons (Fsp3) is 0.222. The van der Waals surface area contributed by atoms with Gasteiger partial charge in [0.05, 0.1) is 6.61 Å². The van der Waals surface area contributed by atoms with E-state index in [9.17, 15) is 5.11 Å². The zero-order valence-corrected chi connectivity index (χ0v) is 11.7. The molecule has 2 nitrogen and oxygen atoms in total. The zero-order chi connectivity index (χ0) is 13.9. The normalized spacial score (nSPS) is 11.1. The number of fused-ring (bicyclic) bond motifs is 1. The van der Waals surface area contributed by atoms with E-state index < -0.39 is 0 Å². The van der Waals surface area contributed by atoms with E-state index in [4.69, 9.17) is 0 Å². The van der Waals surface area contributed by atoms with Crippen LogP contribution in [0.5, 0.6) is 0 Å². The number of aromatic nitrogens is 1. The summed E-state index contributed by atoms with van der Waals surface area (Å²) in [6.07, 6.45) is 3.19. The molecule has 0 atom stereocenters. The Morgan fingerprint density at radius 1 is 0.900 bits per heavy atom. The molecule has 0 saturated carbocycles. The average molecular weight is 265 g/mol. The lowest BCUT2D eigenvalue weighted by molar-refractivity contribution is 0.282. The van der Waals surface area contributed by atoms with Crippen LogP contribution in [0.4, 0.5) is 0 Å². The molecule has 20 heavy (non-hydrogen) atoms.